The minimum Gasteiger partial charge on any atom is -0.459 e. The lowest BCUT2D eigenvalue weighted by atomic mass is 10.0. The molecule has 0 radical (unpaired) electrons. The van der Waals surface area contributed by atoms with Crippen LogP contribution < -0.4 is 5.32 Å². The van der Waals surface area contributed by atoms with Gasteiger partial charge in [-0.15, -0.1) is 5.10 Å². The maximum Gasteiger partial charge on any atom is 0.407 e. The number of rotatable bonds is 11. The Bertz CT molecular complexity index is 1230. The van der Waals surface area contributed by atoms with Crippen LogP contribution in [0.5, 0.6) is 0 Å². The number of carbonyl (C=O) groups is 2. The highest BCUT2D eigenvalue weighted by atomic mass is 16.5. The highest BCUT2D eigenvalue weighted by Gasteiger charge is 2.20. The van der Waals surface area contributed by atoms with Crippen molar-refractivity contribution < 1.29 is 19.1 Å². The van der Waals surface area contributed by atoms with Gasteiger partial charge in [0.15, 0.2) is 5.82 Å². The molecule has 1 heterocycles. The molecule has 0 saturated carbocycles. The molecule has 0 aliphatic heterocycles. The Labute approximate surface area is 209 Å². The van der Waals surface area contributed by atoms with E-state index in [-0.39, 0.29) is 25.8 Å². The van der Waals surface area contributed by atoms with Crippen molar-refractivity contribution in [3.63, 3.8) is 0 Å². The fourth-order valence-electron chi connectivity index (χ4n) is 3.62. The van der Waals surface area contributed by atoms with Gasteiger partial charge in [0.2, 0.25) is 0 Å². The number of benzene rings is 3. The SMILES string of the molecule is O=C(Cn1nnnc1C[C@H](Cc1ccccc1)NC(=O)OCc1ccccc1)OCc1ccccc1. The molecule has 36 heavy (non-hydrogen) atoms. The molecule has 1 aromatic heterocycles. The lowest BCUT2D eigenvalue weighted by molar-refractivity contribution is -0.146. The van der Waals surface area contributed by atoms with Gasteiger partial charge in [0.05, 0.1) is 0 Å². The van der Waals surface area contributed by atoms with Crippen molar-refractivity contribution in [3.8, 4) is 0 Å². The Balaban J connectivity index is 1.37. The Kier molecular flexibility index (Phi) is 8.74. The number of esters is 1. The van der Waals surface area contributed by atoms with Gasteiger partial charge in [-0.05, 0) is 33.5 Å². The first-order chi connectivity index (χ1) is 17.7. The molecule has 0 saturated heterocycles. The van der Waals surface area contributed by atoms with Crippen molar-refractivity contribution in [3.05, 3.63) is 114 Å². The summed E-state index contributed by atoms with van der Waals surface area (Å²) in [5.41, 5.74) is 2.82. The molecule has 0 unspecified atom stereocenters. The number of nitrogens with zero attached hydrogens (tertiary/aromatic N) is 4. The minimum absolute atomic E-state index is 0.133. The van der Waals surface area contributed by atoms with Gasteiger partial charge in [0.25, 0.3) is 0 Å². The number of ether oxygens (including phenoxy) is 2. The molecule has 1 amide bonds. The molecule has 0 bridgehead atoms. The van der Waals surface area contributed by atoms with Crippen LogP contribution in [-0.4, -0.2) is 38.3 Å². The van der Waals surface area contributed by atoms with Gasteiger partial charge in [0, 0.05) is 12.5 Å². The second-order valence-corrected chi connectivity index (χ2v) is 8.20. The second kappa shape index (κ2) is 12.8. The lowest BCUT2D eigenvalue weighted by Crippen LogP contribution is -2.39. The second-order valence-electron chi connectivity index (χ2n) is 8.20. The van der Waals surface area contributed by atoms with E-state index in [0.717, 1.165) is 16.7 Å². The van der Waals surface area contributed by atoms with Crippen molar-refractivity contribution in [2.45, 2.75) is 38.6 Å². The van der Waals surface area contributed by atoms with E-state index in [1.54, 1.807) is 0 Å². The Morgan fingerprint density at radius 2 is 1.31 bits per heavy atom. The lowest BCUT2D eigenvalue weighted by Gasteiger charge is -2.18. The smallest absolute Gasteiger partial charge is 0.407 e. The van der Waals surface area contributed by atoms with E-state index in [4.69, 9.17) is 9.47 Å². The van der Waals surface area contributed by atoms with Crippen LogP contribution in [0.15, 0.2) is 91.0 Å². The van der Waals surface area contributed by atoms with E-state index < -0.39 is 12.1 Å². The molecule has 4 rings (SSSR count). The zero-order chi connectivity index (χ0) is 25.0. The number of nitrogens with one attached hydrogen (secondary N) is 1. The largest absolute Gasteiger partial charge is 0.459 e. The summed E-state index contributed by atoms with van der Waals surface area (Å²) in [5, 5.41) is 14.6. The Morgan fingerprint density at radius 3 is 1.92 bits per heavy atom. The molecule has 184 valence electrons. The standard InChI is InChI=1S/C27H27N5O4/c33-26(35-19-22-12-6-2-7-13-22)18-32-25(29-30-31-32)17-24(16-21-10-4-1-5-11-21)28-27(34)36-20-23-14-8-3-9-15-23/h1-15,24H,16-20H2,(H,28,34)/t24-/m0/s1. The van der Waals surface area contributed by atoms with Crippen molar-refractivity contribution in [2.75, 3.05) is 0 Å². The van der Waals surface area contributed by atoms with Crippen LogP contribution in [0.4, 0.5) is 4.79 Å². The third-order valence-electron chi connectivity index (χ3n) is 5.42. The van der Waals surface area contributed by atoms with E-state index in [1.807, 2.05) is 91.0 Å². The summed E-state index contributed by atoms with van der Waals surface area (Å²) in [6.07, 6.45) is 0.294. The maximum absolute atomic E-state index is 12.6. The number of hydrogen-bond acceptors (Lipinski definition) is 7. The van der Waals surface area contributed by atoms with E-state index in [0.29, 0.717) is 18.7 Å². The Hall–Kier alpha value is -4.53. The van der Waals surface area contributed by atoms with Crippen LogP contribution in [0.25, 0.3) is 0 Å². The van der Waals surface area contributed by atoms with E-state index in [1.165, 1.54) is 4.68 Å². The summed E-state index contributed by atoms with van der Waals surface area (Å²) in [4.78, 5) is 24.9. The quantitative estimate of drug-likeness (QED) is 0.324. The molecular formula is C27H27N5O4. The predicted octanol–water partition coefficient (Wildman–Crippen LogP) is 3.50. The van der Waals surface area contributed by atoms with E-state index >= 15 is 0 Å². The minimum atomic E-state index is -0.541. The third kappa shape index (κ3) is 7.76. The monoisotopic (exact) mass is 485 g/mol. The van der Waals surface area contributed by atoms with Gasteiger partial charge < -0.3 is 14.8 Å². The first-order valence-corrected chi connectivity index (χ1v) is 11.6. The van der Waals surface area contributed by atoms with Gasteiger partial charge in [0.1, 0.15) is 19.8 Å². The van der Waals surface area contributed by atoms with Crippen LogP contribution in [0.2, 0.25) is 0 Å². The molecule has 0 aliphatic carbocycles. The molecule has 9 nitrogen and oxygen atoms in total. The van der Waals surface area contributed by atoms with Crippen molar-refractivity contribution >= 4 is 12.1 Å². The van der Waals surface area contributed by atoms with Crippen LogP contribution in [-0.2, 0) is 46.9 Å². The van der Waals surface area contributed by atoms with Gasteiger partial charge in [-0.1, -0.05) is 91.0 Å². The van der Waals surface area contributed by atoms with Gasteiger partial charge in [-0.25, -0.2) is 9.48 Å². The van der Waals surface area contributed by atoms with Crippen LogP contribution in [0.1, 0.15) is 22.5 Å². The molecule has 1 atom stereocenters. The topological polar surface area (TPSA) is 108 Å². The van der Waals surface area contributed by atoms with Gasteiger partial charge >= 0.3 is 12.1 Å². The van der Waals surface area contributed by atoms with Crippen LogP contribution in [0, 0.1) is 0 Å². The first kappa shape index (κ1) is 24.6. The maximum atomic E-state index is 12.6. The average molecular weight is 486 g/mol. The van der Waals surface area contributed by atoms with Crippen molar-refractivity contribution in [2.24, 2.45) is 0 Å². The summed E-state index contributed by atoms with van der Waals surface area (Å²) in [6.45, 7) is 0.198. The summed E-state index contributed by atoms with van der Waals surface area (Å²) in [5.74, 6) is -0.00167. The number of tetrazole rings is 1. The number of amides is 1. The fraction of sp³-hybridized carbons (Fsp3) is 0.222. The molecule has 0 aliphatic rings. The summed E-state index contributed by atoms with van der Waals surface area (Å²) < 4.78 is 12.1. The van der Waals surface area contributed by atoms with Crippen LogP contribution in [0.3, 0.4) is 0 Å². The summed E-state index contributed by atoms with van der Waals surface area (Å²) >= 11 is 0. The zero-order valence-electron chi connectivity index (χ0n) is 19.7. The number of hydrogen-bond donors (Lipinski definition) is 1. The number of aromatic nitrogens is 4. The van der Waals surface area contributed by atoms with Crippen molar-refractivity contribution in [1.82, 2.24) is 25.5 Å². The summed E-state index contributed by atoms with van der Waals surface area (Å²) in [7, 11) is 0. The molecule has 1 N–H and O–H groups in total. The predicted molar refractivity (Wildman–Crippen MR) is 131 cm³/mol. The molecule has 3 aromatic carbocycles. The highest BCUT2D eigenvalue weighted by Crippen LogP contribution is 2.09. The summed E-state index contributed by atoms with van der Waals surface area (Å²) in [6, 6.07) is 28.3. The number of carbonyl (C=O) groups excluding carboxylic acids is 2. The molecule has 4 aromatic rings. The first-order valence-electron chi connectivity index (χ1n) is 11.6. The van der Waals surface area contributed by atoms with Gasteiger partial charge in [-0.2, -0.15) is 0 Å². The normalized spacial score (nSPS) is 11.4. The molecule has 0 fully saturated rings. The zero-order valence-corrected chi connectivity index (χ0v) is 19.7. The fourth-order valence-corrected chi connectivity index (χ4v) is 3.62. The van der Waals surface area contributed by atoms with E-state index in [2.05, 4.69) is 20.8 Å². The van der Waals surface area contributed by atoms with Crippen molar-refractivity contribution in [1.29, 1.82) is 0 Å². The average Bonchev–Trinajstić information content (AvgIpc) is 3.34. The molecular weight excluding hydrogens is 458 g/mol. The van der Waals surface area contributed by atoms with Crippen LogP contribution >= 0.6 is 0 Å². The highest BCUT2D eigenvalue weighted by molar-refractivity contribution is 5.69. The molecule has 0 spiro atoms. The van der Waals surface area contributed by atoms with E-state index in [9.17, 15) is 9.59 Å². The third-order valence-corrected chi connectivity index (χ3v) is 5.42. The number of alkyl carbamates (subject to hydrolysis) is 1. The Morgan fingerprint density at radius 1 is 0.750 bits per heavy atom. The molecule has 9 heteroatoms. The van der Waals surface area contributed by atoms with Gasteiger partial charge in [-0.3, -0.25) is 4.79 Å².